The molecule has 32 heavy (non-hydrogen) atoms. The Morgan fingerprint density at radius 2 is 1.84 bits per heavy atom. The molecule has 3 atom stereocenters. The predicted octanol–water partition coefficient (Wildman–Crippen LogP) is 5.07. The van der Waals surface area contributed by atoms with E-state index in [9.17, 15) is 19.4 Å². The van der Waals surface area contributed by atoms with Gasteiger partial charge >= 0.3 is 5.97 Å². The van der Waals surface area contributed by atoms with Gasteiger partial charge in [-0.05, 0) is 52.9 Å². The van der Waals surface area contributed by atoms with Crippen molar-refractivity contribution >= 4 is 5.97 Å². The molecule has 0 unspecified atom stereocenters. The van der Waals surface area contributed by atoms with Crippen molar-refractivity contribution in [3.63, 3.8) is 0 Å². The summed E-state index contributed by atoms with van der Waals surface area (Å²) in [4.78, 5) is 11.2. The summed E-state index contributed by atoms with van der Waals surface area (Å²) in [5.74, 6) is -1.66. The van der Waals surface area contributed by atoms with Crippen molar-refractivity contribution in [1.82, 2.24) is 0 Å². The number of carbonyl (C=O) groups is 1. The summed E-state index contributed by atoms with van der Waals surface area (Å²) in [5.41, 5.74) is 4.82. The average molecular weight is 436 g/mol. The second kappa shape index (κ2) is 9.10. The van der Waals surface area contributed by atoms with Crippen molar-refractivity contribution in [3.05, 3.63) is 88.7 Å². The first-order valence-electron chi connectivity index (χ1n) is 10.5. The Kier molecular flexibility index (Phi) is 6.26. The van der Waals surface area contributed by atoms with Crippen LogP contribution in [0.2, 0.25) is 0 Å². The number of hydrogen-bond donors (Lipinski definition) is 2. The molecule has 1 heterocycles. The van der Waals surface area contributed by atoms with Gasteiger partial charge in [-0.2, -0.15) is 0 Å². The maximum Gasteiger partial charge on any atom is 0.309 e. The minimum absolute atomic E-state index is 0.184. The van der Waals surface area contributed by atoms with E-state index in [1.54, 1.807) is 25.3 Å². The minimum atomic E-state index is -1.07. The highest BCUT2D eigenvalue weighted by atomic mass is 19.1. The standard InChI is InChI=1S/C26H25FO5/c1-15(26(29)30)25(28)18-7-8-19-14-32-24(12-20(19)11-18)17-5-3-16(4-6-17)22-13-21(31-2)9-10-23(22)27/h3-11,13,15,24-25,28H,12,14H2,1-2H3,(H,29,30)/t15-,24-,25+/m0/s1. The van der Waals surface area contributed by atoms with Crippen LogP contribution in [-0.4, -0.2) is 23.3 Å². The number of benzene rings is 3. The first-order chi connectivity index (χ1) is 15.4. The van der Waals surface area contributed by atoms with E-state index in [1.165, 1.54) is 13.0 Å². The van der Waals surface area contributed by atoms with E-state index in [4.69, 9.17) is 9.47 Å². The SMILES string of the molecule is COc1ccc(F)c(-c2ccc([C@@H]3Cc4cc([C@H](O)[C@H](C)C(=O)O)ccc4CO3)cc2)c1. The molecule has 1 aliphatic heterocycles. The Morgan fingerprint density at radius 1 is 1.09 bits per heavy atom. The summed E-state index contributed by atoms with van der Waals surface area (Å²) in [6.45, 7) is 1.92. The van der Waals surface area contributed by atoms with Gasteiger partial charge in [0.15, 0.2) is 0 Å². The molecule has 0 aromatic heterocycles. The molecule has 5 nitrogen and oxygen atoms in total. The van der Waals surface area contributed by atoms with Gasteiger partial charge in [0.2, 0.25) is 0 Å². The van der Waals surface area contributed by atoms with Crippen molar-refractivity contribution in [2.24, 2.45) is 5.92 Å². The van der Waals surface area contributed by atoms with Crippen LogP contribution in [0.5, 0.6) is 5.75 Å². The topological polar surface area (TPSA) is 76.0 Å². The molecule has 4 rings (SSSR count). The zero-order chi connectivity index (χ0) is 22.8. The predicted molar refractivity (Wildman–Crippen MR) is 118 cm³/mol. The van der Waals surface area contributed by atoms with Crippen molar-refractivity contribution < 1.29 is 28.9 Å². The molecule has 2 N–H and O–H groups in total. The van der Waals surface area contributed by atoms with E-state index < -0.39 is 18.0 Å². The van der Waals surface area contributed by atoms with Gasteiger partial charge in [0.1, 0.15) is 11.6 Å². The fourth-order valence-electron chi connectivity index (χ4n) is 3.98. The number of aliphatic carboxylic acids is 1. The monoisotopic (exact) mass is 436 g/mol. The number of halogens is 1. The number of hydrogen-bond acceptors (Lipinski definition) is 4. The number of carboxylic acids is 1. The van der Waals surface area contributed by atoms with Crippen molar-refractivity contribution in [2.75, 3.05) is 7.11 Å². The molecule has 3 aromatic carbocycles. The van der Waals surface area contributed by atoms with Crippen LogP contribution >= 0.6 is 0 Å². The van der Waals surface area contributed by atoms with E-state index >= 15 is 0 Å². The van der Waals surface area contributed by atoms with Gasteiger partial charge in [-0.25, -0.2) is 4.39 Å². The fourth-order valence-corrected chi connectivity index (χ4v) is 3.98. The van der Waals surface area contributed by atoms with Crippen LogP contribution in [0.4, 0.5) is 4.39 Å². The van der Waals surface area contributed by atoms with Crippen LogP contribution < -0.4 is 4.74 Å². The highest BCUT2D eigenvalue weighted by molar-refractivity contribution is 5.70. The summed E-state index contributed by atoms with van der Waals surface area (Å²) in [6.07, 6.45) is -0.656. The number of methoxy groups -OCH3 is 1. The highest BCUT2D eigenvalue weighted by Crippen LogP contribution is 2.35. The molecule has 166 valence electrons. The molecule has 0 fully saturated rings. The van der Waals surface area contributed by atoms with Crippen LogP contribution in [0.15, 0.2) is 60.7 Å². The number of aliphatic hydroxyl groups is 1. The number of ether oxygens (including phenoxy) is 2. The zero-order valence-corrected chi connectivity index (χ0v) is 17.9. The molecule has 0 saturated heterocycles. The summed E-state index contributed by atoms with van der Waals surface area (Å²) in [5, 5.41) is 19.6. The fraction of sp³-hybridized carbons (Fsp3) is 0.269. The molecule has 0 saturated carbocycles. The molecular weight excluding hydrogens is 411 g/mol. The quantitative estimate of drug-likeness (QED) is 0.564. The Balaban J connectivity index is 1.55. The molecule has 0 radical (unpaired) electrons. The molecule has 1 aliphatic rings. The Labute approximate surface area is 186 Å². The number of carboxylic acid groups (broad SMARTS) is 1. The zero-order valence-electron chi connectivity index (χ0n) is 17.9. The third kappa shape index (κ3) is 4.38. The second-order valence-corrected chi connectivity index (χ2v) is 8.07. The lowest BCUT2D eigenvalue weighted by Gasteiger charge is -2.27. The molecule has 3 aromatic rings. The van der Waals surface area contributed by atoms with Gasteiger partial charge < -0.3 is 19.7 Å². The number of fused-ring (bicyclic) bond motifs is 1. The van der Waals surface area contributed by atoms with E-state index in [-0.39, 0.29) is 11.9 Å². The first kappa shape index (κ1) is 22.0. The summed E-state index contributed by atoms with van der Waals surface area (Å²) in [6, 6.07) is 17.7. The van der Waals surface area contributed by atoms with Crippen LogP contribution in [0.3, 0.4) is 0 Å². The minimum Gasteiger partial charge on any atom is -0.497 e. The summed E-state index contributed by atoms with van der Waals surface area (Å²) >= 11 is 0. The third-order valence-corrected chi connectivity index (χ3v) is 6.05. The van der Waals surface area contributed by atoms with Crippen LogP contribution in [0.1, 0.15) is 41.4 Å². The maximum absolute atomic E-state index is 14.3. The van der Waals surface area contributed by atoms with Gasteiger partial charge in [-0.1, -0.05) is 42.5 Å². The second-order valence-electron chi connectivity index (χ2n) is 8.07. The number of rotatable bonds is 6. The van der Waals surface area contributed by atoms with Gasteiger partial charge in [0.05, 0.1) is 31.8 Å². The van der Waals surface area contributed by atoms with Gasteiger partial charge in [-0.15, -0.1) is 0 Å². The summed E-state index contributed by atoms with van der Waals surface area (Å²) < 4.78 is 25.5. The van der Waals surface area contributed by atoms with E-state index in [1.807, 2.05) is 36.4 Å². The Bertz CT molecular complexity index is 1130. The van der Waals surface area contributed by atoms with Gasteiger partial charge in [0, 0.05) is 12.0 Å². The third-order valence-electron chi connectivity index (χ3n) is 6.05. The Morgan fingerprint density at radius 3 is 2.53 bits per heavy atom. The van der Waals surface area contributed by atoms with Gasteiger partial charge in [-0.3, -0.25) is 4.79 Å². The number of aliphatic hydroxyl groups excluding tert-OH is 1. The molecule has 0 bridgehead atoms. The average Bonchev–Trinajstić information content (AvgIpc) is 2.82. The van der Waals surface area contributed by atoms with Crippen LogP contribution in [0, 0.1) is 11.7 Å². The highest BCUT2D eigenvalue weighted by Gasteiger charge is 2.26. The molecule has 0 amide bonds. The lowest BCUT2D eigenvalue weighted by molar-refractivity contribution is -0.145. The van der Waals surface area contributed by atoms with E-state index in [0.29, 0.717) is 29.9 Å². The first-order valence-corrected chi connectivity index (χ1v) is 10.5. The van der Waals surface area contributed by atoms with Crippen LogP contribution in [0.25, 0.3) is 11.1 Å². The molecular formula is C26H25FO5. The van der Waals surface area contributed by atoms with Gasteiger partial charge in [0.25, 0.3) is 0 Å². The molecule has 0 aliphatic carbocycles. The molecule has 0 spiro atoms. The normalized spacial score (nSPS) is 17.3. The lowest BCUT2D eigenvalue weighted by atomic mass is 9.89. The summed E-state index contributed by atoms with van der Waals surface area (Å²) in [7, 11) is 1.55. The van der Waals surface area contributed by atoms with E-state index in [0.717, 1.165) is 22.3 Å². The molecule has 6 heteroatoms. The maximum atomic E-state index is 14.3. The van der Waals surface area contributed by atoms with Crippen molar-refractivity contribution in [1.29, 1.82) is 0 Å². The van der Waals surface area contributed by atoms with Crippen molar-refractivity contribution in [3.8, 4) is 16.9 Å². The van der Waals surface area contributed by atoms with E-state index in [2.05, 4.69) is 0 Å². The largest absolute Gasteiger partial charge is 0.497 e. The van der Waals surface area contributed by atoms with Crippen molar-refractivity contribution in [2.45, 2.75) is 32.2 Å². The van der Waals surface area contributed by atoms with Crippen LogP contribution in [-0.2, 0) is 22.6 Å². The Hall–Kier alpha value is -3.22. The lowest BCUT2D eigenvalue weighted by Crippen LogP contribution is -2.20. The smallest absolute Gasteiger partial charge is 0.309 e.